The molecular formula is C12H14BrN3O4S. The molecule has 4 N–H and O–H groups in total. The Hall–Kier alpha value is -1.61. The second kappa shape index (κ2) is 6.02. The second-order valence-electron chi connectivity index (χ2n) is 4.94. The van der Waals surface area contributed by atoms with Crippen molar-refractivity contribution >= 4 is 50.9 Å². The number of carboxylic acid groups (broad SMARTS) is 1. The predicted molar refractivity (Wildman–Crippen MR) is 81.5 cm³/mol. The van der Waals surface area contributed by atoms with E-state index in [-0.39, 0.29) is 10.8 Å². The molecule has 1 aliphatic heterocycles. The van der Waals surface area contributed by atoms with Gasteiger partial charge in [-0.2, -0.15) is 0 Å². The van der Waals surface area contributed by atoms with Gasteiger partial charge in [0, 0.05) is 6.54 Å². The molecule has 0 saturated carbocycles. The van der Waals surface area contributed by atoms with Gasteiger partial charge >= 0.3 is 6.09 Å². The minimum Gasteiger partial charge on any atom is -0.465 e. The number of primary amides is 1. The Morgan fingerprint density at radius 2 is 2.19 bits per heavy atom. The van der Waals surface area contributed by atoms with Crippen LogP contribution in [0.5, 0.6) is 0 Å². The van der Waals surface area contributed by atoms with Gasteiger partial charge in [0.25, 0.3) is 5.91 Å². The Kier molecular flexibility index (Phi) is 4.52. The molecule has 9 heteroatoms. The van der Waals surface area contributed by atoms with E-state index in [0.717, 1.165) is 16.2 Å². The van der Waals surface area contributed by atoms with Crippen molar-refractivity contribution in [3.63, 3.8) is 0 Å². The zero-order valence-corrected chi connectivity index (χ0v) is 13.5. The fourth-order valence-electron chi connectivity index (χ4n) is 2.36. The van der Waals surface area contributed by atoms with Crippen molar-refractivity contribution in [2.24, 2.45) is 11.7 Å². The van der Waals surface area contributed by atoms with Crippen LogP contribution in [-0.2, 0) is 4.79 Å². The van der Waals surface area contributed by atoms with E-state index in [2.05, 4.69) is 21.2 Å². The second-order valence-corrected chi connectivity index (χ2v) is 7.37. The van der Waals surface area contributed by atoms with Crippen LogP contribution in [0.4, 0.5) is 10.5 Å². The highest BCUT2D eigenvalue weighted by molar-refractivity contribution is 9.11. The quantitative estimate of drug-likeness (QED) is 0.748. The summed E-state index contributed by atoms with van der Waals surface area (Å²) in [7, 11) is 0. The fourth-order valence-corrected chi connectivity index (χ4v) is 3.77. The van der Waals surface area contributed by atoms with Crippen LogP contribution < -0.4 is 11.1 Å². The van der Waals surface area contributed by atoms with E-state index in [9.17, 15) is 14.4 Å². The monoisotopic (exact) mass is 375 g/mol. The van der Waals surface area contributed by atoms with Crippen LogP contribution in [0, 0.1) is 5.92 Å². The first-order chi connectivity index (χ1) is 9.79. The molecule has 2 atom stereocenters. The molecule has 7 nitrogen and oxygen atoms in total. The normalized spacial score (nSPS) is 21.3. The number of thiophene rings is 1. The number of nitrogens with one attached hydrogen (secondary N) is 1. The molecule has 0 aromatic carbocycles. The first-order valence-corrected chi connectivity index (χ1v) is 7.80. The summed E-state index contributed by atoms with van der Waals surface area (Å²) in [5.74, 6) is -0.980. The molecule has 0 unspecified atom stereocenters. The summed E-state index contributed by atoms with van der Waals surface area (Å²) in [4.78, 5) is 36.1. The summed E-state index contributed by atoms with van der Waals surface area (Å²) < 4.78 is 0.654. The number of halogens is 1. The number of hydrogen-bond donors (Lipinski definition) is 3. The van der Waals surface area contributed by atoms with Crippen molar-refractivity contribution < 1.29 is 19.5 Å². The third kappa shape index (κ3) is 3.35. The average Bonchev–Trinajstić information content (AvgIpc) is 2.92. The van der Waals surface area contributed by atoms with Gasteiger partial charge in [-0.15, -0.1) is 11.3 Å². The van der Waals surface area contributed by atoms with Crippen molar-refractivity contribution in [3.8, 4) is 0 Å². The lowest BCUT2D eigenvalue weighted by molar-refractivity contribution is -0.119. The van der Waals surface area contributed by atoms with E-state index in [1.807, 2.05) is 6.92 Å². The van der Waals surface area contributed by atoms with Crippen LogP contribution in [-0.4, -0.2) is 40.5 Å². The van der Waals surface area contributed by atoms with Crippen molar-refractivity contribution in [3.05, 3.63) is 14.7 Å². The average molecular weight is 376 g/mol. The maximum Gasteiger partial charge on any atom is 0.407 e. The summed E-state index contributed by atoms with van der Waals surface area (Å²) >= 11 is 4.34. The highest BCUT2D eigenvalue weighted by Crippen LogP contribution is 2.32. The highest BCUT2D eigenvalue weighted by Gasteiger charge is 2.38. The predicted octanol–water partition coefficient (Wildman–Crippen LogP) is 1.94. The largest absolute Gasteiger partial charge is 0.465 e. The number of likely N-dealkylation sites (tertiary alicyclic amines) is 1. The molecule has 0 spiro atoms. The molecule has 1 saturated heterocycles. The van der Waals surface area contributed by atoms with E-state index in [1.54, 1.807) is 6.07 Å². The molecule has 0 bridgehead atoms. The third-order valence-corrected chi connectivity index (χ3v) is 4.89. The van der Waals surface area contributed by atoms with E-state index in [4.69, 9.17) is 10.8 Å². The number of nitrogens with two attached hydrogens (primary N) is 1. The smallest absolute Gasteiger partial charge is 0.407 e. The number of carbonyl (C=O) groups is 3. The summed E-state index contributed by atoms with van der Waals surface area (Å²) in [5, 5.41) is 11.7. The molecule has 3 amide bonds. The minimum atomic E-state index is -1.12. The van der Waals surface area contributed by atoms with E-state index < -0.39 is 23.9 Å². The maximum absolute atomic E-state index is 12.3. The summed E-state index contributed by atoms with van der Waals surface area (Å²) in [6, 6.07) is 0.823. The van der Waals surface area contributed by atoms with Crippen LogP contribution in [0.2, 0.25) is 0 Å². The Bertz CT molecular complexity index is 603. The van der Waals surface area contributed by atoms with Gasteiger partial charge in [0.1, 0.15) is 10.9 Å². The molecule has 114 valence electrons. The molecular weight excluding hydrogens is 362 g/mol. The maximum atomic E-state index is 12.3. The van der Waals surface area contributed by atoms with Gasteiger partial charge in [0.15, 0.2) is 0 Å². The topological polar surface area (TPSA) is 113 Å². The molecule has 2 heterocycles. The number of nitrogens with zero attached hydrogens (tertiary/aromatic N) is 1. The molecule has 0 aliphatic carbocycles. The van der Waals surface area contributed by atoms with Crippen molar-refractivity contribution in [2.75, 3.05) is 11.9 Å². The minimum absolute atomic E-state index is 0.113. The van der Waals surface area contributed by atoms with Crippen LogP contribution in [0.1, 0.15) is 23.0 Å². The summed E-state index contributed by atoms with van der Waals surface area (Å²) in [6.07, 6.45) is -0.670. The van der Waals surface area contributed by atoms with Crippen LogP contribution in [0.25, 0.3) is 0 Å². The van der Waals surface area contributed by atoms with Crippen LogP contribution in [0.3, 0.4) is 0 Å². The molecule has 0 radical (unpaired) electrons. The fraction of sp³-hybridized carbons (Fsp3) is 0.417. The van der Waals surface area contributed by atoms with Crippen molar-refractivity contribution in [2.45, 2.75) is 19.4 Å². The number of anilines is 1. The Balaban J connectivity index is 2.18. The summed E-state index contributed by atoms with van der Waals surface area (Å²) in [6.45, 7) is 2.21. The number of hydrogen-bond acceptors (Lipinski definition) is 4. The van der Waals surface area contributed by atoms with Gasteiger partial charge in [-0.1, -0.05) is 6.92 Å². The lowest BCUT2D eigenvalue weighted by Gasteiger charge is -2.20. The standard InChI is InChI=1S/C12H14BrN3O4S/c1-5-2-7(16(4-5)12(19)20)11(18)15-6-3-8(13)21-9(6)10(14)17/h3,5,7H,2,4H2,1H3,(H2,14,17)(H,15,18)(H,19,20)/t5-,7-/m0/s1. The number of carbonyl (C=O) groups excluding carboxylic acids is 2. The van der Waals surface area contributed by atoms with Gasteiger partial charge in [-0.05, 0) is 34.3 Å². The van der Waals surface area contributed by atoms with E-state index in [0.29, 0.717) is 22.4 Å². The molecule has 1 aromatic rings. The Morgan fingerprint density at radius 1 is 1.52 bits per heavy atom. The lowest BCUT2D eigenvalue weighted by Crippen LogP contribution is -2.42. The summed E-state index contributed by atoms with van der Waals surface area (Å²) in [5.41, 5.74) is 5.55. The van der Waals surface area contributed by atoms with Crippen molar-refractivity contribution in [1.82, 2.24) is 4.90 Å². The van der Waals surface area contributed by atoms with E-state index >= 15 is 0 Å². The van der Waals surface area contributed by atoms with E-state index in [1.165, 1.54) is 0 Å². The van der Waals surface area contributed by atoms with Crippen molar-refractivity contribution in [1.29, 1.82) is 0 Å². The Morgan fingerprint density at radius 3 is 2.76 bits per heavy atom. The number of amides is 3. The molecule has 1 fully saturated rings. The molecule has 21 heavy (non-hydrogen) atoms. The zero-order valence-electron chi connectivity index (χ0n) is 11.1. The number of rotatable bonds is 3. The lowest BCUT2D eigenvalue weighted by atomic mass is 10.1. The molecule has 1 aliphatic rings. The van der Waals surface area contributed by atoms with Crippen LogP contribution in [0.15, 0.2) is 9.85 Å². The first kappa shape index (κ1) is 15.8. The van der Waals surface area contributed by atoms with Gasteiger partial charge in [0.05, 0.1) is 9.47 Å². The van der Waals surface area contributed by atoms with Gasteiger partial charge in [-0.3, -0.25) is 14.5 Å². The van der Waals surface area contributed by atoms with Gasteiger partial charge < -0.3 is 16.2 Å². The molecule has 1 aromatic heterocycles. The molecule has 2 rings (SSSR count). The van der Waals surface area contributed by atoms with Crippen LogP contribution >= 0.6 is 27.3 Å². The van der Waals surface area contributed by atoms with Gasteiger partial charge in [-0.25, -0.2) is 4.79 Å². The third-order valence-electron chi connectivity index (χ3n) is 3.24. The highest BCUT2D eigenvalue weighted by atomic mass is 79.9. The SMILES string of the molecule is C[C@H]1C[C@@H](C(=O)Nc2cc(Br)sc2C(N)=O)N(C(=O)O)C1. The first-order valence-electron chi connectivity index (χ1n) is 6.19. The zero-order chi connectivity index (χ0) is 15.7. The van der Waals surface area contributed by atoms with Gasteiger partial charge in [0.2, 0.25) is 5.91 Å². The Labute approximate surface area is 133 Å².